The lowest BCUT2D eigenvalue weighted by molar-refractivity contribution is -0.134. The van der Waals surface area contributed by atoms with E-state index in [1.807, 2.05) is 0 Å². The summed E-state index contributed by atoms with van der Waals surface area (Å²) in [6, 6.07) is 8.51. The van der Waals surface area contributed by atoms with Gasteiger partial charge in [0.15, 0.2) is 0 Å². The maximum Gasteiger partial charge on any atom is 0.245 e. The van der Waals surface area contributed by atoms with Gasteiger partial charge >= 0.3 is 0 Å². The highest BCUT2D eigenvalue weighted by molar-refractivity contribution is 5.76. The third-order valence-electron chi connectivity index (χ3n) is 4.17. The van der Waals surface area contributed by atoms with Crippen LogP contribution < -0.4 is 0 Å². The molecule has 1 aromatic rings. The van der Waals surface area contributed by atoms with Crippen molar-refractivity contribution in [1.82, 2.24) is 4.90 Å². The van der Waals surface area contributed by atoms with Gasteiger partial charge in [0.05, 0.1) is 0 Å². The van der Waals surface area contributed by atoms with Crippen LogP contribution in [0.4, 0.5) is 8.78 Å². The summed E-state index contributed by atoms with van der Waals surface area (Å²) in [4.78, 5) is 13.7. The van der Waals surface area contributed by atoms with Crippen molar-refractivity contribution in [3.63, 3.8) is 0 Å². The van der Waals surface area contributed by atoms with Gasteiger partial charge in [0.25, 0.3) is 0 Å². The second kappa shape index (κ2) is 6.54. The van der Waals surface area contributed by atoms with E-state index in [-0.39, 0.29) is 18.7 Å². The number of aryl methyl sites for hydroxylation is 1. The van der Waals surface area contributed by atoms with Crippen LogP contribution in [0, 0.1) is 6.92 Å². The fraction of sp³-hybridized carbons (Fsp3) is 0.588. The van der Waals surface area contributed by atoms with Gasteiger partial charge in [0, 0.05) is 25.9 Å². The normalized spacial score (nSPS) is 17.0. The van der Waals surface area contributed by atoms with Crippen LogP contribution in [0.3, 0.4) is 0 Å². The molecule has 0 unspecified atom stereocenters. The second-order valence-electron chi connectivity index (χ2n) is 6.14. The number of rotatable bonds is 4. The zero-order chi connectivity index (χ0) is 15.5. The summed E-state index contributed by atoms with van der Waals surface area (Å²) in [5, 5.41) is 0. The molecule has 1 aliphatic heterocycles. The zero-order valence-corrected chi connectivity index (χ0v) is 12.7. The summed E-state index contributed by atoms with van der Waals surface area (Å²) in [6.45, 7) is 4.28. The summed E-state index contributed by atoms with van der Waals surface area (Å²) in [7, 11) is 0. The molecule has 2 nitrogen and oxygen atoms in total. The average Bonchev–Trinajstić information content (AvgIpc) is 2.45. The van der Waals surface area contributed by atoms with Gasteiger partial charge in [-0.2, -0.15) is 0 Å². The van der Waals surface area contributed by atoms with Crippen molar-refractivity contribution < 1.29 is 13.6 Å². The number of hydrogen-bond acceptors (Lipinski definition) is 1. The summed E-state index contributed by atoms with van der Waals surface area (Å²) in [6.07, 6.45) is 1.41. The Bertz CT molecular complexity index is 471. The summed E-state index contributed by atoms with van der Waals surface area (Å²) < 4.78 is 25.6. The Balaban J connectivity index is 1.82. The smallest absolute Gasteiger partial charge is 0.245 e. The maximum atomic E-state index is 12.8. The van der Waals surface area contributed by atoms with Crippen molar-refractivity contribution >= 4 is 5.91 Å². The second-order valence-corrected chi connectivity index (χ2v) is 6.14. The van der Waals surface area contributed by atoms with Crippen molar-refractivity contribution in [2.24, 2.45) is 0 Å². The molecule has 2 rings (SSSR count). The van der Waals surface area contributed by atoms with Crippen LogP contribution in [0.1, 0.15) is 49.7 Å². The first kappa shape index (κ1) is 15.9. The monoisotopic (exact) mass is 295 g/mol. The van der Waals surface area contributed by atoms with Crippen molar-refractivity contribution in [1.29, 1.82) is 0 Å². The van der Waals surface area contributed by atoms with Crippen molar-refractivity contribution in [3.8, 4) is 0 Å². The molecule has 0 aliphatic carbocycles. The van der Waals surface area contributed by atoms with Crippen LogP contribution in [0.5, 0.6) is 0 Å². The van der Waals surface area contributed by atoms with E-state index < -0.39 is 5.92 Å². The predicted octanol–water partition coefficient (Wildman–Crippen LogP) is 4.14. The molecule has 1 aliphatic rings. The van der Waals surface area contributed by atoms with Crippen LogP contribution in [0.2, 0.25) is 0 Å². The zero-order valence-electron chi connectivity index (χ0n) is 12.7. The molecule has 0 bridgehead atoms. The van der Waals surface area contributed by atoms with Crippen LogP contribution in [-0.2, 0) is 4.79 Å². The number of nitrogens with zero attached hydrogens (tertiary/aromatic N) is 1. The molecule has 0 aromatic heterocycles. The molecule has 1 saturated heterocycles. The summed E-state index contributed by atoms with van der Waals surface area (Å²) >= 11 is 0. The van der Waals surface area contributed by atoms with E-state index in [0.717, 1.165) is 19.8 Å². The van der Waals surface area contributed by atoms with Gasteiger partial charge in [-0.3, -0.25) is 4.79 Å². The Kier molecular flexibility index (Phi) is 4.96. The maximum absolute atomic E-state index is 12.8. The van der Waals surface area contributed by atoms with E-state index in [0.29, 0.717) is 19.0 Å². The number of hydrogen-bond donors (Lipinski definition) is 0. The highest BCUT2D eigenvalue weighted by atomic mass is 19.3. The molecule has 1 fully saturated rings. The topological polar surface area (TPSA) is 20.3 Å². The highest BCUT2D eigenvalue weighted by Crippen LogP contribution is 2.29. The minimum absolute atomic E-state index is 0.0568. The van der Waals surface area contributed by atoms with Crippen LogP contribution in [0.15, 0.2) is 24.3 Å². The molecule has 1 heterocycles. The van der Waals surface area contributed by atoms with Gasteiger partial charge in [-0.05, 0) is 38.2 Å². The predicted molar refractivity (Wildman–Crippen MR) is 79.6 cm³/mol. The Morgan fingerprint density at radius 2 is 1.81 bits per heavy atom. The molecule has 21 heavy (non-hydrogen) atoms. The molecule has 0 atom stereocenters. The van der Waals surface area contributed by atoms with E-state index in [1.54, 1.807) is 4.90 Å². The SMILES string of the molecule is Cc1ccc(C2CCN(C(=O)CCC(C)(F)F)CC2)cc1. The molecular formula is C17H23F2NO. The lowest BCUT2D eigenvalue weighted by Gasteiger charge is -2.32. The van der Waals surface area contributed by atoms with Gasteiger partial charge in [-0.1, -0.05) is 29.8 Å². The van der Waals surface area contributed by atoms with E-state index in [9.17, 15) is 13.6 Å². The summed E-state index contributed by atoms with van der Waals surface area (Å²) in [5.41, 5.74) is 2.56. The van der Waals surface area contributed by atoms with Gasteiger partial charge in [0.1, 0.15) is 0 Å². The number of likely N-dealkylation sites (tertiary alicyclic amines) is 1. The Morgan fingerprint density at radius 1 is 1.24 bits per heavy atom. The van der Waals surface area contributed by atoms with Crippen molar-refractivity contribution in [3.05, 3.63) is 35.4 Å². The molecule has 0 N–H and O–H groups in total. The van der Waals surface area contributed by atoms with E-state index in [1.165, 1.54) is 11.1 Å². The van der Waals surface area contributed by atoms with E-state index in [2.05, 4.69) is 31.2 Å². The van der Waals surface area contributed by atoms with Gasteiger partial charge in [0.2, 0.25) is 11.8 Å². The lowest BCUT2D eigenvalue weighted by Crippen LogP contribution is -2.38. The van der Waals surface area contributed by atoms with Gasteiger partial charge < -0.3 is 4.90 Å². The lowest BCUT2D eigenvalue weighted by atomic mass is 9.89. The average molecular weight is 295 g/mol. The molecule has 0 radical (unpaired) electrons. The third kappa shape index (κ3) is 4.80. The Hall–Kier alpha value is -1.45. The molecule has 1 aromatic carbocycles. The number of carbonyl (C=O) groups is 1. The number of amides is 1. The minimum atomic E-state index is -2.75. The number of halogens is 2. The first-order chi connectivity index (χ1) is 9.85. The first-order valence-electron chi connectivity index (χ1n) is 7.57. The van der Waals surface area contributed by atoms with Crippen molar-refractivity contribution in [2.75, 3.05) is 13.1 Å². The van der Waals surface area contributed by atoms with E-state index >= 15 is 0 Å². The quantitative estimate of drug-likeness (QED) is 0.817. The van der Waals surface area contributed by atoms with E-state index in [4.69, 9.17) is 0 Å². The molecule has 116 valence electrons. The fourth-order valence-corrected chi connectivity index (χ4v) is 2.79. The minimum Gasteiger partial charge on any atom is -0.343 e. The first-order valence-corrected chi connectivity index (χ1v) is 7.57. The third-order valence-corrected chi connectivity index (χ3v) is 4.17. The molecule has 4 heteroatoms. The van der Waals surface area contributed by atoms with Gasteiger partial charge in [-0.15, -0.1) is 0 Å². The Morgan fingerprint density at radius 3 is 2.33 bits per heavy atom. The molecule has 0 saturated carbocycles. The van der Waals surface area contributed by atoms with Crippen LogP contribution >= 0.6 is 0 Å². The number of benzene rings is 1. The largest absolute Gasteiger partial charge is 0.343 e. The number of carbonyl (C=O) groups excluding carboxylic acids is 1. The molecular weight excluding hydrogens is 272 g/mol. The molecule has 1 amide bonds. The van der Waals surface area contributed by atoms with Crippen LogP contribution in [0.25, 0.3) is 0 Å². The van der Waals surface area contributed by atoms with Crippen LogP contribution in [-0.4, -0.2) is 29.8 Å². The number of alkyl halides is 2. The molecule has 0 spiro atoms. The summed E-state index contributed by atoms with van der Waals surface area (Å²) in [5.74, 6) is -2.42. The van der Waals surface area contributed by atoms with Crippen molar-refractivity contribution in [2.45, 2.75) is 51.4 Å². The highest BCUT2D eigenvalue weighted by Gasteiger charge is 2.27. The number of piperidine rings is 1. The van der Waals surface area contributed by atoms with Gasteiger partial charge in [-0.25, -0.2) is 8.78 Å². The Labute approximate surface area is 125 Å². The standard InChI is InChI=1S/C17H23F2NO/c1-13-3-5-14(6-4-13)15-8-11-20(12-9-15)16(21)7-10-17(2,18)19/h3-6,15H,7-12H2,1-2H3. The fourth-order valence-electron chi connectivity index (χ4n) is 2.79.